The maximum atomic E-state index is 9.57. The van der Waals surface area contributed by atoms with Gasteiger partial charge in [-0.05, 0) is 19.3 Å². The number of carbonyl (C=O) groups excluding carboxylic acids is 1. The fourth-order valence-electron chi connectivity index (χ4n) is 0.588. The predicted molar refractivity (Wildman–Crippen MR) is 38.5 cm³/mol. The Morgan fingerprint density at radius 1 is 1.40 bits per heavy atom. The number of hydrogen-bond donors (Lipinski definition) is 0. The van der Waals surface area contributed by atoms with Crippen LogP contribution in [0.25, 0.3) is 0 Å². The molecule has 0 aromatic rings. The summed E-state index contributed by atoms with van der Waals surface area (Å²) in [6.07, 6.45) is 4.46. The molecule has 55 valence electrons. The van der Waals surface area contributed by atoms with Gasteiger partial charge in [0.25, 0.3) is 0 Å². The summed E-state index contributed by atoms with van der Waals surface area (Å²) in [5.74, 6) is 0. The van der Waals surface area contributed by atoms with E-state index in [0.29, 0.717) is 13.2 Å². The standard InChI is InChI=1S/C6H10NO2Si/c8-6-7-4-2-1-3-5-9-10/h1-5H2. The lowest BCUT2D eigenvalue weighted by Gasteiger charge is -1.95. The molecule has 0 fully saturated rings. The smallest absolute Gasteiger partial charge is 0.246 e. The van der Waals surface area contributed by atoms with Crippen molar-refractivity contribution in [3.63, 3.8) is 0 Å². The van der Waals surface area contributed by atoms with Gasteiger partial charge >= 0.3 is 0 Å². The molecule has 0 aliphatic heterocycles. The first-order valence-corrected chi connectivity index (χ1v) is 3.65. The number of hydrogen-bond acceptors (Lipinski definition) is 3. The molecule has 4 heteroatoms. The summed E-state index contributed by atoms with van der Waals surface area (Å²) in [7, 11) is 2.89. The molecule has 0 bridgehead atoms. The summed E-state index contributed by atoms with van der Waals surface area (Å²) in [6.45, 7) is 1.30. The van der Waals surface area contributed by atoms with E-state index in [-0.39, 0.29) is 0 Å². The molecular formula is C6H10NO2Si. The second kappa shape index (κ2) is 8.56. The molecule has 0 saturated carbocycles. The molecule has 10 heavy (non-hydrogen) atoms. The van der Waals surface area contributed by atoms with E-state index in [1.807, 2.05) is 0 Å². The van der Waals surface area contributed by atoms with Gasteiger partial charge in [0.05, 0.1) is 6.54 Å². The normalized spacial score (nSPS) is 8.90. The van der Waals surface area contributed by atoms with Gasteiger partial charge in [0.2, 0.25) is 16.6 Å². The number of rotatable bonds is 6. The number of aliphatic imine (C=N–C) groups is 1. The Bertz CT molecular complexity index is 112. The topological polar surface area (TPSA) is 38.7 Å². The SMILES string of the molecule is O=C=NCCCCCO[Si]. The molecule has 0 aromatic carbocycles. The predicted octanol–water partition coefficient (Wildman–Crippen LogP) is 0.593. The van der Waals surface area contributed by atoms with Crippen molar-refractivity contribution in [3.8, 4) is 0 Å². The van der Waals surface area contributed by atoms with Crippen LogP contribution in [0.5, 0.6) is 0 Å². The number of isocyanates is 1. The average molecular weight is 156 g/mol. The molecule has 0 amide bonds. The monoisotopic (exact) mass is 156 g/mol. The van der Waals surface area contributed by atoms with Crippen LogP contribution in [0.1, 0.15) is 19.3 Å². The first-order chi connectivity index (χ1) is 4.91. The quantitative estimate of drug-likeness (QED) is 0.244. The number of nitrogens with zero attached hydrogens (tertiary/aromatic N) is 1. The van der Waals surface area contributed by atoms with Gasteiger partial charge in [-0.15, -0.1) is 0 Å². The molecule has 3 radical (unpaired) electrons. The number of unbranched alkanes of at least 4 members (excludes halogenated alkanes) is 2. The second-order valence-corrected chi connectivity index (χ2v) is 2.17. The van der Waals surface area contributed by atoms with Crippen LogP contribution in [0, 0.1) is 0 Å². The van der Waals surface area contributed by atoms with Crippen molar-refractivity contribution >= 4 is 16.6 Å². The average Bonchev–Trinajstić information content (AvgIpc) is 1.97. The molecule has 0 aliphatic carbocycles. The van der Waals surface area contributed by atoms with Gasteiger partial charge in [0.15, 0.2) is 0 Å². The fourth-order valence-corrected chi connectivity index (χ4v) is 0.732. The Morgan fingerprint density at radius 2 is 2.20 bits per heavy atom. The van der Waals surface area contributed by atoms with Crippen molar-refractivity contribution < 1.29 is 9.22 Å². The Morgan fingerprint density at radius 3 is 2.80 bits per heavy atom. The van der Waals surface area contributed by atoms with Crippen molar-refractivity contribution in [2.24, 2.45) is 4.99 Å². The highest BCUT2D eigenvalue weighted by Gasteiger charge is 1.85. The van der Waals surface area contributed by atoms with E-state index in [9.17, 15) is 4.79 Å². The highest BCUT2D eigenvalue weighted by atomic mass is 28.2. The lowest BCUT2D eigenvalue weighted by Crippen LogP contribution is -1.90. The van der Waals surface area contributed by atoms with E-state index in [1.54, 1.807) is 0 Å². The molecule has 0 N–H and O–H groups in total. The van der Waals surface area contributed by atoms with E-state index in [1.165, 1.54) is 6.08 Å². The van der Waals surface area contributed by atoms with Crippen LogP contribution in [-0.2, 0) is 9.22 Å². The summed E-state index contributed by atoms with van der Waals surface area (Å²) in [4.78, 5) is 13.0. The Kier molecular flexibility index (Phi) is 8.18. The summed E-state index contributed by atoms with van der Waals surface area (Å²) in [6, 6.07) is 0. The molecule has 0 heterocycles. The minimum absolute atomic E-state index is 0.589. The molecule has 0 unspecified atom stereocenters. The van der Waals surface area contributed by atoms with Crippen LogP contribution in [-0.4, -0.2) is 29.7 Å². The third kappa shape index (κ3) is 7.56. The van der Waals surface area contributed by atoms with Crippen LogP contribution < -0.4 is 0 Å². The molecule has 0 rings (SSSR count). The molecule has 0 saturated heterocycles. The van der Waals surface area contributed by atoms with Crippen molar-refractivity contribution in [1.82, 2.24) is 0 Å². The maximum absolute atomic E-state index is 9.57. The lowest BCUT2D eigenvalue weighted by atomic mass is 10.2. The van der Waals surface area contributed by atoms with Crippen LogP contribution in [0.15, 0.2) is 4.99 Å². The summed E-state index contributed by atoms with van der Waals surface area (Å²) < 4.78 is 4.65. The van der Waals surface area contributed by atoms with E-state index < -0.39 is 0 Å². The van der Waals surface area contributed by atoms with Gasteiger partial charge in [0, 0.05) is 6.61 Å². The largest absolute Gasteiger partial charge is 0.419 e. The maximum Gasteiger partial charge on any atom is 0.246 e. The van der Waals surface area contributed by atoms with E-state index >= 15 is 0 Å². The molecule has 0 aliphatic rings. The van der Waals surface area contributed by atoms with Crippen molar-refractivity contribution in [1.29, 1.82) is 0 Å². The van der Waals surface area contributed by atoms with Gasteiger partial charge in [-0.25, -0.2) is 9.79 Å². The van der Waals surface area contributed by atoms with Gasteiger partial charge in [-0.1, -0.05) is 0 Å². The second-order valence-electron chi connectivity index (χ2n) is 1.88. The van der Waals surface area contributed by atoms with Crippen LogP contribution in [0.3, 0.4) is 0 Å². The minimum Gasteiger partial charge on any atom is -0.419 e. The van der Waals surface area contributed by atoms with E-state index in [2.05, 4.69) is 19.9 Å². The fraction of sp³-hybridized carbons (Fsp3) is 0.833. The lowest BCUT2D eigenvalue weighted by molar-refractivity contribution is 0.334. The first-order valence-electron chi connectivity index (χ1n) is 3.24. The van der Waals surface area contributed by atoms with Gasteiger partial charge in [-0.2, -0.15) is 0 Å². The highest BCUT2D eigenvalue weighted by molar-refractivity contribution is 5.97. The first kappa shape index (κ1) is 9.56. The van der Waals surface area contributed by atoms with Crippen LogP contribution in [0.2, 0.25) is 0 Å². The van der Waals surface area contributed by atoms with Crippen LogP contribution >= 0.6 is 0 Å². The zero-order valence-corrected chi connectivity index (χ0v) is 6.80. The Labute approximate surface area is 64.0 Å². The third-order valence-corrected chi connectivity index (χ3v) is 1.28. The highest BCUT2D eigenvalue weighted by Crippen LogP contribution is 1.94. The van der Waals surface area contributed by atoms with Crippen molar-refractivity contribution in [2.75, 3.05) is 13.2 Å². The summed E-state index contributed by atoms with van der Waals surface area (Å²) in [5, 5.41) is 0. The van der Waals surface area contributed by atoms with Gasteiger partial charge in [0.1, 0.15) is 0 Å². The minimum atomic E-state index is 0.589. The Hall–Kier alpha value is -0.443. The zero-order chi connectivity index (χ0) is 7.66. The molecule has 3 nitrogen and oxygen atoms in total. The van der Waals surface area contributed by atoms with E-state index in [4.69, 9.17) is 0 Å². The van der Waals surface area contributed by atoms with Crippen LogP contribution in [0.4, 0.5) is 0 Å². The van der Waals surface area contributed by atoms with Gasteiger partial charge < -0.3 is 4.43 Å². The molecule has 0 aromatic heterocycles. The summed E-state index contributed by atoms with van der Waals surface area (Å²) >= 11 is 0. The van der Waals surface area contributed by atoms with Crippen molar-refractivity contribution in [2.45, 2.75) is 19.3 Å². The Balaban J connectivity index is 2.83. The van der Waals surface area contributed by atoms with E-state index in [0.717, 1.165) is 19.3 Å². The molecular weight excluding hydrogens is 146 g/mol. The molecule has 0 atom stereocenters. The molecule has 0 spiro atoms. The summed E-state index contributed by atoms with van der Waals surface area (Å²) in [5.41, 5.74) is 0. The van der Waals surface area contributed by atoms with Gasteiger partial charge in [-0.3, -0.25) is 0 Å². The zero-order valence-electron chi connectivity index (χ0n) is 5.80. The third-order valence-electron chi connectivity index (χ3n) is 1.08. The van der Waals surface area contributed by atoms with Crippen molar-refractivity contribution in [3.05, 3.63) is 0 Å².